The van der Waals surface area contributed by atoms with Crippen molar-refractivity contribution in [2.45, 2.75) is 18.5 Å². The monoisotopic (exact) mass is 348 g/mol. The zero-order chi connectivity index (χ0) is 18.0. The summed E-state index contributed by atoms with van der Waals surface area (Å²) in [7, 11) is 0. The highest BCUT2D eigenvalue weighted by Crippen LogP contribution is 2.36. The highest BCUT2D eigenvalue weighted by Gasteiger charge is 2.42. The van der Waals surface area contributed by atoms with Crippen molar-refractivity contribution in [2.75, 3.05) is 13.1 Å². The Hall–Kier alpha value is -3.20. The van der Waals surface area contributed by atoms with Gasteiger partial charge in [0, 0.05) is 12.1 Å². The van der Waals surface area contributed by atoms with Gasteiger partial charge >= 0.3 is 0 Å². The van der Waals surface area contributed by atoms with Crippen molar-refractivity contribution in [2.24, 2.45) is 0 Å². The summed E-state index contributed by atoms with van der Waals surface area (Å²) < 4.78 is 20.9. The standard InChI is InChI=1S/C20H17FN4O/c21-20(10-5-11-25(13-20)14-22)19-24-23-18(26-19)17-9-4-8-16(12-17)15-6-2-1-3-7-15/h1-4,6-9,12H,5,10-11,13H2. The van der Waals surface area contributed by atoms with Crippen LogP contribution < -0.4 is 0 Å². The van der Waals surface area contributed by atoms with E-state index in [0.29, 0.717) is 13.0 Å². The van der Waals surface area contributed by atoms with Crippen molar-refractivity contribution in [3.8, 4) is 28.8 Å². The van der Waals surface area contributed by atoms with Gasteiger partial charge in [-0.1, -0.05) is 42.5 Å². The Bertz CT molecular complexity index is 950. The molecule has 4 rings (SSSR count). The molecule has 0 saturated carbocycles. The molecule has 1 saturated heterocycles. The number of piperidine rings is 1. The summed E-state index contributed by atoms with van der Waals surface area (Å²) in [6, 6.07) is 17.7. The lowest BCUT2D eigenvalue weighted by atomic mass is 9.95. The number of nitriles is 1. The molecule has 1 aliphatic heterocycles. The highest BCUT2D eigenvalue weighted by atomic mass is 19.1. The summed E-state index contributed by atoms with van der Waals surface area (Å²) >= 11 is 0. The highest BCUT2D eigenvalue weighted by molar-refractivity contribution is 5.69. The van der Waals surface area contributed by atoms with E-state index in [1.165, 1.54) is 4.90 Å². The Morgan fingerprint density at radius 1 is 1.04 bits per heavy atom. The van der Waals surface area contributed by atoms with Gasteiger partial charge in [-0.05, 0) is 36.1 Å². The van der Waals surface area contributed by atoms with Crippen molar-refractivity contribution >= 4 is 0 Å². The van der Waals surface area contributed by atoms with Gasteiger partial charge in [-0.2, -0.15) is 5.26 Å². The Kier molecular flexibility index (Phi) is 4.13. The second kappa shape index (κ2) is 6.60. The first-order chi connectivity index (χ1) is 12.7. The number of hydrogen-bond acceptors (Lipinski definition) is 5. The van der Waals surface area contributed by atoms with Gasteiger partial charge < -0.3 is 9.32 Å². The lowest BCUT2D eigenvalue weighted by Crippen LogP contribution is -2.41. The van der Waals surface area contributed by atoms with Crippen LogP contribution in [0.2, 0.25) is 0 Å². The van der Waals surface area contributed by atoms with Gasteiger partial charge in [0.15, 0.2) is 6.19 Å². The molecule has 2 heterocycles. The number of hydrogen-bond donors (Lipinski definition) is 0. The molecule has 26 heavy (non-hydrogen) atoms. The molecule has 0 aliphatic carbocycles. The van der Waals surface area contributed by atoms with Crippen LogP contribution in [0.25, 0.3) is 22.6 Å². The molecular formula is C20H17FN4O. The van der Waals surface area contributed by atoms with Gasteiger partial charge in [0.25, 0.3) is 5.89 Å². The molecule has 0 radical (unpaired) electrons. The first-order valence-electron chi connectivity index (χ1n) is 8.51. The Morgan fingerprint density at radius 2 is 1.81 bits per heavy atom. The van der Waals surface area contributed by atoms with Crippen molar-refractivity contribution in [3.63, 3.8) is 0 Å². The van der Waals surface area contributed by atoms with E-state index in [2.05, 4.69) is 10.2 Å². The van der Waals surface area contributed by atoms with E-state index in [4.69, 9.17) is 9.68 Å². The molecule has 5 nitrogen and oxygen atoms in total. The number of benzene rings is 2. The van der Waals surface area contributed by atoms with E-state index in [9.17, 15) is 0 Å². The third-order valence-electron chi connectivity index (χ3n) is 4.61. The minimum absolute atomic E-state index is 0.0464. The maximum absolute atomic E-state index is 15.2. The Morgan fingerprint density at radius 3 is 2.62 bits per heavy atom. The van der Waals surface area contributed by atoms with E-state index < -0.39 is 5.67 Å². The summed E-state index contributed by atoms with van der Waals surface area (Å²) in [6.07, 6.45) is 2.85. The van der Waals surface area contributed by atoms with Gasteiger partial charge in [-0.25, -0.2) is 4.39 Å². The topological polar surface area (TPSA) is 66.0 Å². The first-order valence-corrected chi connectivity index (χ1v) is 8.51. The smallest absolute Gasteiger partial charge is 0.255 e. The van der Waals surface area contributed by atoms with Crippen LogP contribution in [0.15, 0.2) is 59.0 Å². The SMILES string of the molecule is N#CN1CCCC(F)(c2nnc(-c3cccc(-c4ccccc4)c3)o2)C1. The second-order valence-electron chi connectivity index (χ2n) is 6.45. The van der Waals surface area contributed by atoms with Crippen LogP contribution in [0.3, 0.4) is 0 Å². The summed E-state index contributed by atoms with van der Waals surface area (Å²) in [4.78, 5) is 1.39. The lowest BCUT2D eigenvalue weighted by molar-refractivity contribution is 0.0439. The van der Waals surface area contributed by atoms with Gasteiger partial charge in [0.1, 0.15) is 0 Å². The average molecular weight is 348 g/mol. The predicted molar refractivity (Wildman–Crippen MR) is 94.4 cm³/mol. The van der Waals surface area contributed by atoms with E-state index in [-0.39, 0.29) is 24.7 Å². The number of aromatic nitrogens is 2. The molecule has 1 atom stereocenters. The normalized spacial score (nSPS) is 19.9. The number of alkyl halides is 1. The van der Waals surface area contributed by atoms with E-state index in [1.807, 2.05) is 60.8 Å². The van der Waals surface area contributed by atoms with Crippen LogP contribution in [0.1, 0.15) is 18.7 Å². The van der Waals surface area contributed by atoms with E-state index >= 15 is 4.39 Å². The maximum atomic E-state index is 15.2. The molecule has 2 aromatic carbocycles. The largest absolute Gasteiger partial charge is 0.417 e. The van der Waals surface area contributed by atoms with Crippen molar-refractivity contribution in [3.05, 3.63) is 60.5 Å². The lowest BCUT2D eigenvalue weighted by Gasteiger charge is -2.31. The molecule has 0 bridgehead atoms. The Labute approximate surface area is 150 Å². The number of nitrogens with zero attached hydrogens (tertiary/aromatic N) is 4. The van der Waals surface area contributed by atoms with Crippen LogP contribution in [-0.4, -0.2) is 28.2 Å². The molecule has 0 amide bonds. The quantitative estimate of drug-likeness (QED) is 0.665. The van der Waals surface area contributed by atoms with Crippen molar-refractivity contribution < 1.29 is 8.81 Å². The van der Waals surface area contributed by atoms with E-state index in [0.717, 1.165) is 16.7 Å². The zero-order valence-electron chi connectivity index (χ0n) is 14.1. The molecule has 3 aromatic rings. The zero-order valence-corrected chi connectivity index (χ0v) is 14.1. The number of rotatable bonds is 3. The molecule has 1 aromatic heterocycles. The molecule has 130 valence electrons. The van der Waals surface area contributed by atoms with Crippen molar-refractivity contribution in [1.82, 2.24) is 15.1 Å². The molecule has 6 heteroatoms. The fraction of sp³-hybridized carbons (Fsp3) is 0.250. The van der Waals surface area contributed by atoms with Crippen LogP contribution in [0.5, 0.6) is 0 Å². The average Bonchev–Trinajstić information content (AvgIpc) is 3.20. The van der Waals surface area contributed by atoms with Gasteiger partial charge in [-0.15, -0.1) is 10.2 Å². The third kappa shape index (κ3) is 3.04. The molecule has 0 N–H and O–H groups in total. The maximum Gasteiger partial charge on any atom is 0.255 e. The van der Waals surface area contributed by atoms with Crippen molar-refractivity contribution in [1.29, 1.82) is 5.26 Å². The minimum atomic E-state index is -1.78. The number of likely N-dealkylation sites (tertiary alicyclic amines) is 1. The molecule has 0 spiro atoms. The van der Waals surface area contributed by atoms with Crippen LogP contribution in [0, 0.1) is 11.5 Å². The van der Waals surface area contributed by atoms with Crippen LogP contribution >= 0.6 is 0 Å². The molecule has 1 unspecified atom stereocenters. The molecule has 1 fully saturated rings. The van der Waals surface area contributed by atoms with E-state index in [1.54, 1.807) is 0 Å². The minimum Gasteiger partial charge on any atom is -0.417 e. The van der Waals surface area contributed by atoms with Gasteiger partial charge in [0.05, 0.1) is 6.54 Å². The fourth-order valence-corrected chi connectivity index (χ4v) is 3.25. The Balaban J connectivity index is 1.64. The van der Waals surface area contributed by atoms with Crippen LogP contribution in [0.4, 0.5) is 4.39 Å². The third-order valence-corrected chi connectivity index (χ3v) is 4.61. The summed E-state index contributed by atoms with van der Waals surface area (Å²) in [6.45, 7) is 0.511. The predicted octanol–water partition coefficient (Wildman–Crippen LogP) is 4.15. The first kappa shape index (κ1) is 16.3. The summed E-state index contributed by atoms with van der Waals surface area (Å²) in [5.41, 5.74) is 1.05. The number of halogens is 1. The van der Waals surface area contributed by atoms with Gasteiger partial charge in [0.2, 0.25) is 11.6 Å². The van der Waals surface area contributed by atoms with Gasteiger partial charge in [-0.3, -0.25) is 0 Å². The fourth-order valence-electron chi connectivity index (χ4n) is 3.25. The molecule has 1 aliphatic rings. The summed E-state index contributed by atoms with van der Waals surface area (Å²) in [5, 5.41) is 17.0. The molecular weight excluding hydrogens is 331 g/mol. The summed E-state index contributed by atoms with van der Waals surface area (Å²) in [5.74, 6) is 0.224. The second-order valence-corrected chi connectivity index (χ2v) is 6.45. The van der Waals surface area contributed by atoms with Crippen LogP contribution in [-0.2, 0) is 5.67 Å².